The van der Waals surface area contributed by atoms with Gasteiger partial charge in [0, 0.05) is 27.0 Å². The first-order valence-corrected chi connectivity index (χ1v) is 27.5. The number of anilines is 1. The third-order valence-corrected chi connectivity index (χ3v) is 16.8. The molecule has 0 saturated carbocycles. The quantitative estimate of drug-likeness (QED) is 0.0167. The summed E-state index contributed by atoms with van der Waals surface area (Å²) in [5.41, 5.74) is 2.37. The van der Waals surface area contributed by atoms with Crippen LogP contribution in [0.4, 0.5) is 9.93 Å². The predicted molar refractivity (Wildman–Crippen MR) is 280 cm³/mol. The summed E-state index contributed by atoms with van der Waals surface area (Å²) in [6, 6.07) is 45.3. The van der Waals surface area contributed by atoms with E-state index in [4.69, 9.17) is 14.3 Å². The first-order valence-electron chi connectivity index (χ1n) is 22.3. The van der Waals surface area contributed by atoms with E-state index >= 15 is 0 Å². The van der Waals surface area contributed by atoms with Gasteiger partial charge in [-0.1, -0.05) is 180 Å². The highest BCUT2D eigenvalue weighted by Crippen LogP contribution is 2.43. The molecule has 0 radical (unpaired) electrons. The van der Waals surface area contributed by atoms with E-state index in [2.05, 4.69) is 31.0 Å². The zero-order chi connectivity index (χ0) is 50.2. The number of oxime groups is 1. The molecule has 3 amide bonds. The number of carbonyl (C=O) groups is 4. The second-order valence-electron chi connectivity index (χ2n) is 17.0. The van der Waals surface area contributed by atoms with Crippen molar-refractivity contribution in [2.45, 2.75) is 53.8 Å². The fourth-order valence-electron chi connectivity index (χ4n) is 8.00. The molecule has 72 heavy (non-hydrogen) atoms. The SMILES string of the molecule is CC(C)(C)OC(=O)Nc1nc(/C(=N/OC(c2ccccc2)(c2ccccc2)c2ccccc2)C(=O)N[C@@H]2C(=O)N3C(C(=O)OC(c4ccccc4)c4ccccc4)=C(SCSc4nncs4)CS(=O)[C@H]23)cs1. The largest absolute Gasteiger partial charge is 0.448 e. The number of benzene rings is 5. The number of ether oxygens (including phenoxy) is 2. The van der Waals surface area contributed by atoms with Gasteiger partial charge in [0.05, 0.1) is 21.6 Å². The molecule has 4 heterocycles. The molecule has 3 atom stereocenters. The molecule has 2 aliphatic heterocycles. The highest BCUT2D eigenvalue weighted by Gasteiger charge is 2.58. The number of β-lactam (4-membered cyclic amide) rings is 1. The van der Waals surface area contributed by atoms with Crippen molar-refractivity contribution in [1.82, 2.24) is 25.4 Å². The fourth-order valence-corrected chi connectivity index (χ4v) is 13.6. The standard InChI is InChI=1S/C52H45N7O8S5/c1-51(2,3)66-49(63)56-48-54-38(29-68-48)40(58-67-52(35-23-13-6-14-24-35,36-25-15-7-16-26-36)37-27-17-8-18-28-37)44(60)55-41-45(61)59-42(39(30-72(64)46(41)59)70-32-71-50-57-53-31-69-50)47(62)65-43(33-19-9-4-10-20-33)34-21-11-5-12-22-34/h4-29,31,41,43,46H,30,32H2,1-3H3,(H,55,60)(H,54,56,63)/b58-40-/t41-,46-,72?/m1/s1. The Kier molecular flexibility index (Phi) is 15.4. The molecular weight excluding hydrogens is 1010 g/mol. The Morgan fingerprint density at radius 2 is 1.36 bits per heavy atom. The van der Waals surface area contributed by atoms with Crippen LogP contribution in [0, 0.1) is 0 Å². The molecule has 20 heteroatoms. The van der Waals surface area contributed by atoms with Crippen LogP contribution in [0.2, 0.25) is 0 Å². The molecule has 0 bridgehead atoms. The lowest BCUT2D eigenvalue weighted by Crippen LogP contribution is -2.74. The second kappa shape index (κ2) is 22.2. The smallest absolute Gasteiger partial charge is 0.413 e. The Bertz CT molecular complexity index is 2990. The lowest BCUT2D eigenvalue weighted by molar-refractivity contribution is -0.154. The van der Waals surface area contributed by atoms with Crippen LogP contribution < -0.4 is 10.6 Å². The topological polar surface area (TPSA) is 191 Å². The number of hydrogen-bond donors (Lipinski definition) is 2. The van der Waals surface area contributed by atoms with Crippen molar-refractivity contribution in [3.63, 3.8) is 0 Å². The van der Waals surface area contributed by atoms with Crippen LogP contribution in [0.25, 0.3) is 0 Å². The summed E-state index contributed by atoms with van der Waals surface area (Å²) in [5, 5.41) is 18.8. The Morgan fingerprint density at radius 1 is 0.806 bits per heavy atom. The first kappa shape index (κ1) is 50.0. The van der Waals surface area contributed by atoms with Crippen LogP contribution in [0.1, 0.15) is 60.4 Å². The summed E-state index contributed by atoms with van der Waals surface area (Å²) in [6.07, 6.45) is -1.62. The Hall–Kier alpha value is -6.97. The number of thiazole rings is 1. The molecule has 366 valence electrons. The molecule has 0 spiro atoms. The van der Waals surface area contributed by atoms with E-state index < -0.39 is 63.4 Å². The zero-order valence-corrected chi connectivity index (χ0v) is 42.9. The van der Waals surface area contributed by atoms with Gasteiger partial charge in [0.1, 0.15) is 33.9 Å². The van der Waals surface area contributed by atoms with Crippen LogP contribution >= 0.6 is 46.2 Å². The molecule has 15 nitrogen and oxygen atoms in total. The number of esters is 1. The van der Waals surface area contributed by atoms with Gasteiger partial charge in [-0.15, -0.1) is 33.3 Å². The van der Waals surface area contributed by atoms with Gasteiger partial charge in [-0.25, -0.2) is 14.6 Å². The third kappa shape index (κ3) is 11.1. The average molecular weight is 1060 g/mol. The minimum atomic E-state index is -1.83. The second-order valence-corrected chi connectivity index (χ2v) is 22.9. The van der Waals surface area contributed by atoms with Gasteiger partial charge >= 0.3 is 12.1 Å². The Balaban J connectivity index is 1.07. The van der Waals surface area contributed by atoms with E-state index in [1.165, 1.54) is 45.1 Å². The number of thioether (sulfide) groups is 2. The van der Waals surface area contributed by atoms with Crippen molar-refractivity contribution in [3.05, 3.63) is 207 Å². The van der Waals surface area contributed by atoms with Gasteiger partial charge in [0.2, 0.25) is 5.60 Å². The van der Waals surface area contributed by atoms with E-state index in [0.29, 0.717) is 42.1 Å². The van der Waals surface area contributed by atoms with Crippen molar-refractivity contribution in [3.8, 4) is 0 Å². The summed E-state index contributed by atoms with van der Waals surface area (Å²) in [6.45, 7) is 5.17. The summed E-state index contributed by atoms with van der Waals surface area (Å²) in [4.78, 5) is 70.0. The Labute approximate surface area is 434 Å². The van der Waals surface area contributed by atoms with Gasteiger partial charge in [0.25, 0.3) is 11.8 Å². The van der Waals surface area contributed by atoms with Gasteiger partial charge in [-0.2, -0.15) is 0 Å². The van der Waals surface area contributed by atoms with E-state index in [9.17, 15) is 23.4 Å². The van der Waals surface area contributed by atoms with Gasteiger partial charge in [-0.3, -0.25) is 24.0 Å². The first-order chi connectivity index (χ1) is 34.9. The van der Waals surface area contributed by atoms with Crippen molar-refractivity contribution in [2.75, 3.05) is 16.2 Å². The lowest BCUT2D eigenvalue weighted by atomic mass is 9.80. The van der Waals surface area contributed by atoms with Gasteiger partial charge in [0.15, 0.2) is 21.3 Å². The van der Waals surface area contributed by atoms with Crippen molar-refractivity contribution in [1.29, 1.82) is 0 Å². The van der Waals surface area contributed by atoms with E-state index in [-0.39, 0.29) is 28.0 Å². The maximum atomic E-state index is 15.0. The lowest BCUT2D eigenvalue weighted by Gasteiger charge is -2.49. The molecule has 0 aliphatic carbocycles. The number of nitrogens with zero attached hydrogens (tertiary/aromatic N) is 5. The van der Waals surface area contributed by atoms with E-state index in [0.717, 1.165) is 11.3 Å². The molecule has 2 aromatic heterocycles. The number of carbonyl (C=O) groups excluding carboxylic acids is 4. The molecule has 2 aliphatic rings. The summed E-state index contributed by atoms with van der Waals surface area (Å²) in [5.74, 6) is -2.52. The van der Waals surface area contributed by atoms with Crippen molar-refractivity contribution >= 4 is 91.7 Å². The van der Waals surface area contributed by atoms with Crippen molar-refractivity contribution in [2.24, 2.45) is 5.16 Å². The van der Waals surface area contributed by atoms with Crippen LogP contribution in [-0.2, 0) is 45.1 Å². The van der Waals surface area contributed by atoms with Crippen molar-refractivity contribution < 1.29 is 37.7 Å². The monoisotopic (exact) mass is 1060 g/mol. The third-order valence-electron chi connectivity index (χ3n) is 11.1. The number of fused-ring (bicyclic) bond motifs is 1. The Morgan fingerprint density at radius 3 is 1.89 bits per heavy atom. The highest BCUT2D eigenvalue weighted by molar-refractivity contribution is 8.18. The molecule has 7 aromatic rings. The van der Waals surface area contributed by atoms with E-state index in [1.54, 1.807) is 26.3 Å². The summed E-state index contributed by atoms with van der Waals surface area (Å²) in [7, 11) is -1.83. The summed E-state index contributed by atoms with van der Waals surface area (Å²) < 4.78 is 26.9. The molecule has 9 rings (SSSR count). The number of hydrogen-bond acceptors (Lipinski definition) is 16. The minimum Gasteiger partial charge on any atom is -0.448 e. The number of amides is 3. The van der Waals surface area contributed by atoms with Crippen LogP contribution in [0.15, 0.2) is 183 Å². The number of aromatic nitrogens is 3. The number of rotatable bonds is 17. The van der Waals surface area contributed by atoms with E-state index in [1.807, 2.05) is 152 Å². The molecule has 1 unspecified atom stereocenters. The van der Waals surface area contributed by atoms with Crippen LogP contribution in [-0.4, -0.2) is 81.7 Å². The maximum absolute atomic E-state index is 15.0. The maximum Gasteiger partial charge on any atom is 0.413 e. The predicted octanol–water partition coefficient (Wildman–Crippen LogP) is 9.50. The average Bonchev–Trinajstić information content (AvgIpc) is 4.09. The van der Waals surface area contributed by atoms with Gasteiger partial charge in [-0.05, 0) is 31.9 Å². The normalized spacial score (nSPS) is 16.9. The fraction of sp³-hybridized carbons (Fsp3) is 0.192. The molecular formula is C52H45N7O8S5. The van der Waals surface area contributed by atoms with Crippen LogP contribution in [0.5, 0.6) is 0 Å². The number of nitrogens with one attached hydrogen (secondary N) is 2. The zero-order valence-electron chi connectivity index (χ0n) is 38.8. The molecule has 2 N–H and O–H groups in total. The minimum absolute atomic E-state index is 0.0105. The molecule has 5 aromatic carbocycles. The molecule has 1 fully saturated rings. The summed E-state index contributed by atoms with van der Waals surface area (Å²) >= 11 is 5.00. The van der Waals surface area contributed by atoms with Crippen LogP contribution in [0.3, 0.4) is 0 Å². The van der Waals surface area contributed by atoms with Gasteiger partial charge < -0.3 is 19.6 Å². The highest BCUT2D eigenvalue weighted by atomic mass is 32.2. The molecule has 1 saturated heterocycles.